The number of carbonyl (C=O) groups is 1. The van der Waals surface area contributed by atoms with Gasteiger partial charge < -0.3 is 14.6 Å². The van der Waals surface area contributed by atoms with E-state index in [4.69, 9.17) is 9.84 Å². The predicted octanol–water partition coefficient (Wildman–Crippen LogP) is 0.762. The zero-order valence-corrected chi connectivity index (χ0v) is 7.06. The molecule has 0 aliphatic heterocycles. The lowest BCUT2D eigenvalue weighted by atomic mass is 10.2. The molecule has 0 bridgehead atoms. The van der Waals surface area contributed by atoms with Crippen molar-refractivity contribution < 1.29 is 19.4 Å². The van der Waals surface area contributed by atoms with Crippen molar-refractivity contribution in [2.45, 2.75) is 0 Å². The van der Waals surface area contributed by atoms with Gasteiger partial charge in [0.1, 0.15) is 5.56 Å². The standard InChI is InChI=1S/C8H9NO4/c1-12-5-13-7-4-9-3-2-6(7)8(10)11/h2-4H,5H2,1H3,(H,10,11). The van der Waals surface area contributed by atoms with Crippen LogP contribution in [0.4, 0.5) is 0 Å². The summed E-state index contributed by atoms with van der Waals surface area (Å²) in [4.78, 5) is 14.4. The molecule has 0 unspecified atom stereocenters. The van der Waals surface area contributed by atoms with Gasteiger partial charge in [-0.2, -0.15) is 0 Å². The summed E-state index contributed by atoms with van der Waals surface area (Å²) < 4.78 is 9.62. The molecule has 0 radical (unpaired) electrons. The topological polar surface area (TPSA) is 68.7 Å². The van der Waals surface area contributed by atoms with E-state index in [-0.39, 0.29) is 18.1 Å². The molecule has 70 valence electrons. The smallest absolute Gasteiger partial charge is 0.339 e. The maximum Gasteiger partial charge on any atom is 0.339 e. The minimum absolute atomic E-state index is 0.00593. The summed E-state index contributed by atoms with van der Waals surface area (Å²) in [7, 11) is 1.46. The third-order valence-corrected chi connectivity index (χ3v) is 1.35. The highest BCUT2D eigenvalue weighted by Gasteiger charge is 2.09. The van der Waals surface area contributed by atoms with Crippen LogP contribution in [0.5, 0.6) is 5.75 Å². The van der Waals surface area contributed by atoms with Crippen LogP contribution in [0.25, 0.3) is 0 Å². The number of aromatic carboxylic acids is 1. The number of rotatable bonds is 4. The van der Waals surface area contributed by atoms with Crippen molar-refractivity contribution in [2.75, 3.05) is 13.9 Å². The molecular weight excluding hydrogens is 174 g/mol. The Morgan fingerprint density at radius 1 is 1.69 bits per heavy atom. The number of aromatic nitrogens is 1. The molecule has 5 nitrogen and oxygen atoms in total. The van der Waals surface area contributed by atoms with Gasteiger partial charge in [0, 0.05) is 13.3 Å². The molecule has 0 aliphatic carbocycles. The largest absolute Gasteiger partial charge is 0.478 e. The highest BCUT2D eigenvalue weighted by atomic mass is 16.7. The fourth-order valence-electron chi connectivity index (χ4n) is 0.794. The Morgan fingerprint density at radius 3 is 3.08 bits per heavy atom. The number of nitrogens with zero attached hydrogens (tertiary/aromatic N) is 1. The molecule has 0 amide bonds. The van der Waals surface area contributed by atoms with Crippen LogP contribution in [0.1, 0.15) is 10.4 Å². The highest BCUT2D eigenvalue weighted by Crippen LogP contribution is 2.15. The van der Waals surface area contributed by atoms with E-state index in [1.54, 1.807) is 0 Å². The number of pyridine rings is 1. The van der Waals surface area contributed by atoms with Crippen LogP contribution >= 0.6 is 0 Å². The third kappa shape index (κ3) is 2.41. The summed E-state index contributed by atoms with van der Waals surface area (Å²) in [5, 5.41) is 8.72. The fourth-order valence-corrected chi connectivity index (χ4v) is 0.794. The first-order valence-corrected chi connectivity index (χ1v) is 3.54. The quantitative estimate of drug-likeness (QED) is 0.698. The van der Waals surface area contributed by atoms with Crippen molar-refractivity contribution >= 4 is 5.97 Å². The average Bonchev–Trinajstić information content (AvgIpc) is 2.15. The second kappa shape index (κ2) is 4.42. The summed E-state index contributed by atoms with van der Waals surface area (Å²) in [5.41, 5.74) is 0.0760. The Morgan fingerprint density at radius 2 is 2.46 bits per heavy atom. The molecule has 0 saturated heterocycles. The molecule has 13 heavy (non-hydrogen) atoms. The summed E-state index contributed by atoms with van der Waals surface area (Å²) in [5.74, 6) is -0.842. The van der Waals surface area contributed by atoms with E-state index in [2.05, 4.69) is 9.72 Å². The van der Waals surface area contributed by atoms with Crippen LogP contribution in [0.3, 0.4) is 0 Å². The first-order valence-electron chi connectivity index (χ1n) is 3.54. The lowest BCUT2D eigenvalue weighted by molar-refractivity contribution is 0.0481. The molecule has 0 fully saturated rings. The van der Waals surface area contributed by atoms with E-state index < -0.39 is 5.97 Å². The summed E-state index contributed by atoms with van der Waals surface area (Å²) in [6.07, 6.45) is 2.73. The average molecular weight is 183 g/mol. The Bertz CT molecular complexity index is 300. The normalized spacial score (nSPS) is 9.62. The second-order valence-electron chi connectivity index (χ2n) is 2.23. The summed E-state index contributed by atoms with van der Waals surface area (Å²) in [6, 6.07) is 1.37. The van der Waals surface area contributed by atoms with Gasteiger partial charge in [-0.1, -0.05) is 0 Å². The van der Waals surface area contributed by atoms with Gasteiger partial charge in [-0.15, -0.1) is 0 Å². The van der Waals surface area contributed by atoms with E-state index >= 15 is 0 Å². The van der Waals surface area contributed by atoms with Gasteiger partial charge in [0.25, 0.3) is 0 Å². The van der Waals surface area contributed by atoms with Crippen molar-refractivity contribution in [3.63, 3.8) is 0 Å². The van der Waals surface area contributed by atoms with Crippen LogP contribution in [0.15, 0.2) is 18.5 Å². The monoisotopic (exact) mass is 183 g/mol. The zero-order chi connectivity index (χ0) is 9.68. The highest BCUT2D eigenvalue weighted by molar-refractivity contribution is 5.90. The predicted molar refractivity (Wildman–Crippen MR) is 43.7 cm³/mol. The lowest BCUT2D eigenvalue weighted by Crippen LogP contribution is -2.05. The molecule has 0 saturated carbocycles. The molecule has 0 spiro atoms. The van der Waals surface area contributed by atoms with Gasteiger partial charge in [-0.3, -0.25) is 4.98 Å². The van der Waals surface area contributed by atoms with E-state index in [0.717, 1.165) is 0 Å². The van der Waals surface area contributed by atoms with Crippen molar-refractivity contribution in [1.82, 2.24) is 4.98 Å². The molecular formula is C8H9NO4. The van der Waals surface area contributed by atoms with Gasteiger partial charge in [-0.05, 0) is 6.07 Å². The molecule has 0 aliphatic rings. The summed E-state index contributed by atoms with van der Waals surface area (Å²) in [6.45, 7) is 0.00593. The maximum absolute atomic E-state index is 10.6. The Labute approximate surface area is 74.9 Å². The molecule has 0 aromatic carbocycles. The Hall–Kier alpha value is -1.62. The van der Waals surface area contributed by atoms with Crippen molar-refractivity contribution in [3.05, 3.63) is 24.0 Å². The van der Waals surface area contributed by atoms with Gasteiger partial charge >= 0.3 is 5.97 Å². The van der Waals surface area contributed by atoms with Gasteiger partial charge in [0.15, 0.2) is 12.5 Å². The van der Waals surface area contributed by atoms with Crippen molar-refractivity contribution in [1.29, 1.82) is 0 Å². The van der Waals surface area contributed by atoms with Gasteiger partial charge in [0.2, 0.25) is 0 Å². The summed E-state index contributed by atoms with van der Waals surface area (Å²) >= 11 is 0. The molecule has 5 heteroatoms. The van der Waals surface area contributed by atoms with Crippen LogP contribution in [0.2, 0.25) is 0 Å². The second-order valence-corrected chi connectivity index (χ2v) is 2.23. The third-order valence-electron chi connectivity index (χ3n) is 1.35. The molecule has 1 N–H and O–H groups in total. The zero-order valence-electron chi connectivity index (χ0n) is 7.06. The minimum Gasteiger partial charge on any atom is -0.478 e. The number of carboxylic acids is 1. The number of hydrogen-bond donors (Lipinski definition) is 1. The lowest BCUT2D eigenvalue weighted by Gasteiger charge is -2.05. The van der Waals surface area contributed by atoms with Crippen molar-refractivity contribution in [2.24, 2.45) is 0 Å². The number of hydrogen-bond acceptors (Lipinski definition) is 4. The number of carboxylic acid groups (broad SMARTS) is 1. The van der Waals surface area contributed by atoms with E-state index in [9.17, 15) is 4.79 Å². The van der Waals surface area contributed by atoms with Crippen molar-refractivity contribution in [3.8, 4) is 5.75 Å². The first kappa shape index (κ1) is 9.47. The molecule has 1 rings (SSSR count). The Kier molecular flexibility index (Phi) is 3.22. The van der Waals surface area contributed by atoms with Crippen LogP contribution in [-0.4, -0.2) is 30.0 Å². The molecule has 1 aromatic rings. The molecule has 1 heterocycles. The molecule has 0 atom stereocenters. The van der Waals surface area contributed by atoms with Crippen LogP contribution < -0.4 is 4.74 Å². The molecule has 1 aromatic heterocycles. The van der Waals surface area contributed by atoms with E-state index in [0.29, 0.717) is 0 Å². The first-order chi connectivity index (χ1) is 6.25. The van der Waals surface area contributed by atoms with Gasteiger partial charge in [-0.25, -0.2) is 4.79 Å². The minimum atomic E-state index is -1.05. The van der Waals surface area contributed by atoms with Gasteiger partial charge in [0.05, 0.1) is 6.20 Å². The number of ether oxygens (including phenoxy) is 2. The van der Waals surface area contributed by atoms with Crippen LogP contribution in [-0.2, 0) is 4.74 Å². The maximum atomic E-state index is 10.6. The fraction of sp³-hybridized carbons (Fsp3) is 0.250. The number of methoxy groups -OCH3 is 1. The Balaban J connectivity index is 2.84. The van der Waals surface area contributed by atoms with E-state index in [1.165, 1.54) is 25.6 Å². The van der Waals surface area contributed by atoms with Crippen LogP contribution in [0, 0.1) is 0 Å². The SMILES string of the molecule is COCOc1cnccc1C(=O)O. The van der Waals surface area contributed by atoms with E-state index in [1.807, 2.05) is 0 Å².